The van der Waals surface area contributed by atoms with Crippen LogP contribution in [0.3, 0.4) is 0 Å². The summed E-state index contributed by atoms with van der Waals surface area (Å²) >= 11 is 7.79. The Morgan fingerprint density at radius 1 is 1.28 bits per heavy atom. The van der Waals surface area contributed by atoms with Gasteiger partial charge in [-0.25, -0.2) is 23.1 Å². The number of benzene rings is 1. The molecular weight excluding hydrogens is 522 g/mol. The number of fused-ring (bicyclic) bond motifs is 1. The van der Waals surface area contributed by atoms with Gasteiger partial charge in [-0.3, -0.25) is 4.98 Å². The summed E-state index contributed by atoms with van der Waals surface area (Å²) in [6.07, 6.45) is 4.16. The molecule has 1 aromatic carbocycles. The molecule has 1 aliphatic carbocycles. The van der Waals surface area contributed by atoms with Gasteiger partial charge in [-0.2, -0.15) is 0 Å². The highest BCUT2D eigenvalue weighted by atomic mass is 35.5. The molecule has 1 fully saturated rings. The molecule has 5 N–H and O–H groups in total. The predicted molar refractivity (Wildman–Crippen MR) is 140 cm³/mol. The van der Waals surface area contributed by atoms with E-state index in [1.807, 2.05) is 24.3 Å². The van der Waals surface area contributed by atoms with E-state index in [2.05, 4.69) is 19.7 Å². The van der Waals surface area contributed by atoms with E-state index in [0.29, 0.717) is 29.0 Å². The first kappa shape index (κ1) is 25.0. The lowest BCUT2D eigenvalue weighted by Gasteiger charge is -2.21. The number of nitrogen functional groups attached to an aromatic ring is 1. The number of halogens is 1. The number of hydrogen-bond acceptors (Lipinski definition) is 9. The Morgan fingerprint density at radius 3 is 2.78 bits per heavy atom. The van der Waals surface area contributed by atoms with Gasteiger partial charge in [0.2, 0.25) is 16.0 Å². The Hall–Kier alpha value is -2.67. The zero-order valence-electron chi connectivity index (χ0n) is 19.2. The first-order valence-corrected chi connectivity index (χ1v) is 13.9. The molecule has 2 unspecified atom stereocenters. The van der Waals surface area contributed by atoms with Crippen LogP contribution in [-0.2, 0) is 15.6 Å². The molecule has 0 aliphatic heterocycles. The van der Waals surface area contributed by atoms with Crippen LogP contribution in [0.4, 0.5) is 5.95 Å². The fourth-order valence-electron chi connectivity index (χ4n) is 3.92. The largest absolute Gasteiger partial charge is 0.393 e. The number of hydrogen-bond donors (Lipinski definition) is 4. The molecule has 0 amide bonds. The maximum atomic E-state index is 12.9. The zero-order chi connectivity index (χ0) is 25.7. The van der Waals surface area contributed by atoms with Gasteiger partial charge >= 0.3 is 0 Å². The van der Waals surface area contributed by atoms with Gasteiger partial charge in [-0.1, -0.05) is 29.8 Å². The first-order valence-electron chi connectivity index (χ1n) is 11.2. The second-order valence-electron chi connectivity index (χ2n) is 8.99. The minimum Gasteiger partial charge on any atom is -0.393 e. The fourth-order valence-corrected chi connectivity index (χ4v) is 6.94. The van der Waals surface area contributed by atoms with Crippen molar-refractivity contribution in [3.8, 4) is 11.3 Å². The topological polar surface area (TPSA) is 151 Å². The van der Waals surface area contributed by atoms with Crippen molar-refractivity contribution in [3.05, 3.63) is 69.9 Å². The number of aliphatic hydroxyl groups excluding tert-OH is 1. The number of thiophene rings is 1. The van der Waals surface area contributed by atoms with Crippen molar-refractivity contribution in [1.29, 1.82) is 0 Å². The van der Waals surface area contributed by atoms with Crippen molar-refractivity contribution in [2.24, 2.45) is 0 Å². The maximum Gasteiger partial charge on any atom is 0.220 e. The molecule has 0 saturated heterocycles. The Labute approximate surface area is 217 Å². The lowest BCUT2D eigenvalue weighted by atomic mass is 9.96. The summed E-state index contributed by atoms with van der Waals surface area (Å²) in [5, 5.41) is 20.7. The van der Waals surface area contributed by atoms with E-state index < -0.39 is 33.5 Å². The third kappa shape index (κ3) is 4.82. The van der Waals surface area contributed by atoms with E-state index in [4.69, 9.17) is 17.3 Å². The van der Waals surface area contributed by atoms with Gasteiger partial charge in [0.25, 0.3) is 0 Å². The second kappa shape index (κ2) is 9.33. The molecule has 12 heteroatoms. The molecule has 1 saturated carbocycles. The lowest BCUT2D eigenvalue weighted by molar-refractivity contribution is -0.00230. The minimum absolute atomic E-state index is 0.0104. The number of nitrogens with one attached hydrogen (secondary N) is 1. The highest BCUT2D eigenvalue weighted by Crippen LogP contribution is 2.41. The van der Waals surface area contributed by atoms with Gasteiger partial charge in [0, 0.05) is 21.3 Å². The summed E-state index contributed by atoms with van der Waals surface area (Å²) in [4.78, 5) is 13.3. The van der Waals surface area contributed by atoms with Gasteiger partial charge in [0.15, 0.2) is 0 Å². The Kier molecular flexibility index (Phi) is 6.48. The molecule has 4 aromatic rings. The lowest BCUT2D eigenvalue weighted by Crippen LogP contribution is -2.32. The first-order chi connectivity index (χ1) is 17.1. The molecule has 0 bridgehead atoms. The summed E-state index contributed by atoms with van der Waals surface area (Å²) in [6, 6.07) is 10.1. The number of nitrogens with two attached hydrogens (primary N) is 1. The molecule has 3 heterocycles. The quantitative estimate of drug-likeness (QED) is 0.263. The SMILES string of the molecule is CC(O)(CO)c1ccnc(-c2cccc3cc(C(NS(=O)(=O)C4CC4)c4nc(N)ncc4Cl)sc23)c1. The number of sulfonamides is 1. The van der Waals surface area contributed by atoms with Crippen molar-refractivity contribution in [1.82, 2.24) is 19.7 Å². The van der Waals surface area contributed by atoms with Crippen LogP contribution in [0.25, 0.3) is 21.3 Å². The van der Waals surface area contributed by atoms with Gasteiger partial charge in [-0.05, 0) is 48.9 Å². The van der Waals surface area contributed by atoms with Crippen molar-refractivity contribution in [2.75, 3.05) is 12.3 Å². The number of anilines is 1. The average molecular weight is 546 g/mol. The van der Waals surface area contributed by atoms with E-state index in [0.717, 1.165) is 15.6 Å². The predicted octanol–water partition coefficient (Wildman–Crippen LogP) is 3.36. The molecule has 3 aromatic heterocycles. The minimum atomic E-state index is -3.60. The number of aliphatic hydroxyl groups is 2. The highest BCUT2D eigenvalue weighted by Gasteiger charge is 2.38. The van der Waals surface area contributed by atoms with Crippen LogP contribution in [0.5, 0.6) is 0 Å². The molecule has 2 atom stereocenters. The molecule has 0 spiro atoms. The van der Waals surface area contributed by atoms with E-state index >= 15 is 0 Å². The summed E-state index contributed by atoms with van der Waals surface area (Å²) in [5.41, 5.74) is 6.62. The van der Waals surface area contributed by atoms with Crippen LogP contribution in [0.1, 0.15) is 41.9 Å². The van der Waals surface area contributed by atoms with E-state index in [1.54, 1.807) is 18.3 Å². The molecular formula is C24H24ClN5O4S2. The van der Waals surface area contributed by atoms with Crippen molar-refractivity contribution < 1.29 is 18.6 Å². The number of rotatable bonds is 8. The van der Waals surface area contributed by atoms with Crippen molar-refractivity contribution in [3.63, 3.8) is 0 Å². The summed E-state index contributed by atoms with van der Waals surface area (Å²) in [6.45, 7) is 1.10. The van der Waals surface area contributed by atoms with Gasteiger partial charge in [0.1, 0.15) is 5.60 Å². The molecule has 36 heavy (non-hydrogen) atoms. The summed E-state index contributed by atoms with van der Waals surface area (Å²) < 4.78 is 29.5. The average Bonchev–Trinajstić information content (AvgIpc) is 3.64. The van der Waals surface area contributed by atoms with Gasteiger partial charge in [-0.15, -0.1) is 11.3 Å². The van der Waals surface area contributed by atoms with Crippen LogP contribution in [0, 0.1) is 0 Å². The molecule has 0 radical (unpaired) electrons. The van der Waals surface area contributed by atoms with Crippen LogP contribution >= 0.6 is 22.9 Å². The van der Waals surface area contributed by atoms with Crippen molar-refractivity contribution >= 4 is 49.0 Å². The van der Waals surface area contributed by atoms with E-state index in [1.165, 1.54) is 24.5 Å². The smallest absolute Gasteiger partial charge is 0.220 e. The zero-order valence-corrected chi connectivity index (χ0v) is 21.6. The fraction of sp³-hybridized carbons (Fsp3) is 0.292. The van der Waals surface area contributed by atoms with Gasteiger partial charge in [0.05, 0.1) is 40.5 Å². The molecule has 188 valence electrons. The monoisotopic (exact) mass is 545 g/mol. The molecule has 5 rings (SSSR count). The van der Waals surface area contributed by atoms with Crippen LogP contribution in [-0.4, -0.2) is 45.4 Å². The molecule has 9 nitrogen and oxygen atoms in total. The van der Waals surface area contributed by atoms with E-state index in [-0.39, 0.29) is 16.7 Å². The highest BCUT2D eigenvalue weighted by molar-refractivity contribution is 7.90. The Balaban J connectivity index is 1.64. The van der Waals surface area contributed by atoms with Gasteiger partial charge < -0.3 is 15.9 Å². The van der Waals surface area contributed by atoms with Crippen LogP contribution in [0.2, 0.25) is 5.02 Å². The van der Waals surface area contributed by atoms with Crippen LogP contribution in [0.15, 0.2) is 48.8 Å². The summed E-state index contributed by atoms with van der Waals surface area (Å²) in [7, 11) is -3.60. The third-order valence-corrected chi connectivity index (χ3v) is 9.58. The van der Waals surface area contributed by atoms with E-state index in [9.17, 15) is 18.6 Å². The number of aromatic nitrogens is 3. The number of pyridine rings is 1. The number of nitrogens with zero attached hydrogens (tertiary/aromatic N) is 3. The maximum absolute atomic E-state index is 12.9. The second-order valence-corrected chi connectivity index (χ2v) is 12.5. The standard InChI is InChI=1S/C24H24ClN5O4S2/c1-24(32,12-31)14-7-8-27-18(10-14)16-4-2-3-13-9-19(35-22(13)16)21(30-36(33,34)15-5-6-15)20-17(25)11-28-23(26)29-20/h2-4,7-11,15,21,30-32H,5-6,12H2,1H3,(H2,26,28,29). The Morgan fingerprint density at radius 2 is 2.06 bits per heavy atom. The Bertz CT molecular complexity index is 1550. The van der Waals surface area contributed by atoms with Crippen LogP contribution < -0.4 is 10.5 Å². The van der Waals surface area contributed by atoms with Crippen molar-refractivity contribution in [2.45, 2.75) is 36.7 Å². The molecule has 1 aliphatic rings. The third-order valence-electron chi connectivity index (χ3n) is 6.12. The normalized spacial score (nSPS) is 16.7. The summed E-state index contributed by atoms with van der Waals surface area (Å²) in [5.74, 6) is -0.0104.